The molecular formula is C30H40N4O3. The van der Waals surface area contributed by atoms with Crippen molar-refractivity contribution in [3.05, 3.63) is 78.1 Å². The van der Waals surface area contributed by atoms with Gasteiger partial charge >= 0.3 is 12.0 Å². The van der Waals surface area contributed by atoms with Gasteiger partial charge in [-0.2, -0.15) is 0 Å². The van der Waals surface area contributed by atoms with Crippen LogP contribution < -0.4 is 15.5 Å². The first-order chi connectivity index (χ1) is 17.9. The lowest BCUT2D eigenvalue weighted by Gasteiger charge is -2.19. The second kappa shape index (κ2) is 14.2. The number of carbonyl (C=O) groups is 2. The first kappa shape index (κ1) is 28.0. The molecule has 0 saturated heterocycles. The van der Waals surface area contributed by atoms with E-state index in [1.54, 1.807) is 11.9 Å². The standard InChI is InChI=1S/C30H40N4O3/c1-4-5-6-7-8-18-31-30(37)34(3)26-12-9-11-25(21-26)24-16-14-23(15-17-24)20-28(29(35)36)32-22-27-13-10-19-33(27)2/h9-17,19,21,28,32H,4-8,18,20,22H2,1-3H3,(H,31,37)(H,35,36)/t28-/m0/s1. The van der Waals surface area contributed by atoms with Crippen LogP contribution in [0.5, 0.6) is 0 Å². The fourth-order valence-electron chi connectivity index (χ4n) is 4.28. The van der Waals surface area contributed by atoms with Gasteiger partial charge in [0.1, 0.15) is 6.04 Å². The number of rotatable bonds is 14. The molecule has 7 nitrogen and oxygen atoms in total. The predicted molar refractivity (Wildman–Crippen MR) is 150 cm³/mol. The lowest BCUT2D eigenvalue weighted by atomic mass is 10.00. The summed E-state index contributed by atoms with van der Waals surface area (Å²) in [6.07, 6.45) is 8.14. The number of carbonyl (C=O) groups excluding carboxylic acids is 1. The zero-order chi connectivity index (χ0) is 26.6. The smallest absolute Gasteiger partial charge is 0.321 e. The summed E-state index contributed by atoms with van der Waals surface area (Å²) in [5.41, 5.74) is 4.81. The predicted octanol–water partition coefficient (Wildman–Crippen LogP) is 5.59. The number of aryl methyl sites for hydroxylation is 1. The first-order valence-corrected chi connectivity index (χ1v) is 13.2. The normalized spacial score (nSPS) is 11.8. The number of hydrogen-bond acceptors (Lipinski definition) is 3. The molecule has 0 fully saturated rings. The van der Waals surface area contributed by atoms with Gasteiger partial charge in [-0.3, -0.25) is 15.0 Å². The summed E-state index contributed by atoms with van der Waals surface area (Å²) in [5.74, 6) is -0.867. The van der Waals surface area contributed by atoms with Crippen molar-refractivity contribution < 1.29 is 14.7 Å². The van der Waals surface area contributed by atoms with Gasteiger partial charge in [0.15, 0.2) is 0 Å². The maximum atomic E-state index is 12.6. The van der Waals surface area contributed by atoms with Gasteiger partial charge in [0, 0.05) is 44.8 Å². The maximum Gasteiger partial charge on any atom is 0.321 e. The Morgan fingerprint density at radius 3 is 2.41 bits per heavy atom. The van der Waals surface area contributed by atoms with E-state index in [4.69, 9.17) is 0 Å². The summed E-state index contributed by atoms with van der Waals surface area (Å²) in [5, 5.41) is 15.8. The average Bonchev–Trinajstić information content (AvgIpc) is 3.32. The Labute approximate surface area is 220 Å². The number of nitrogens with zero attached hydrogens (tertiary/aromatic N) is 2. The quantitative estimate of drug-likeness (QED) is 0.250. The number of urea groups is 1. The lowest BCUT2D eigenvalue weighted by molar-refractivity contribution is -0.139. The number of hydrogen-bond donors (Lipinski definition) is 3. The fraction of sp³-hybridized carbons (Fsp3) is 0.400. The molecule has 37 heavy (non-hydrogen) atoms. The summed E-state index contributed by atoms with van der Waals surface area (Å²) in [6, 6.07) is 19.0. The molecular weight excluding hydrogens is 464 g/mol. The molecule has 0 aliphatic heterocycles. The summed E-state index contributed by atoms with van der Waals surface area (Å²) >= 11 is 0. The van der Waals surface area contributed by atoms with Crippen molar-refractivity contribution in [2.75, 3.05) is 18.5 Å². The summed E-state index contributed by atoms with van der Waals surface area (Å²) in [4.78, 5) is 26.0. The van der Waals surface area contributed by atoms with E-state index in [2.05, 4.69) is 17.6 Å². The highest BCUT2D eigenvalue weighted by molar-refractivity contribution is 5.92. The highest BCUT2D eigenvalue weighted by Gasteiger charge is 2.18. The summed E-state index contributed by atoms with van der Waals surface area (Å²) in [7, 11) is 3.73. The van der Waals surface area contributed by atoms with Crippen molar-refractivity contribution in [1.82, 2.24) is 15.2 Å². The first-order valence-electron chi connectivity index (χ1n) is 13.2. The minimum atomic E-state index is -0.867. The number of carboxylic acids is 1. The number of nitrogens with one attached hydrogen (secondary N) is 2. The Kier molecular flexibility index (Phi) is 10.8. The Morgan fingerprint density at radius 2 is 1.73 bits per heavy atom. The molecule has 0 bridgehead atoms. The van der Waals surface area contributed by atoms with Crippen LogP contribution in [0.4, 0.5) is 10.5 Å². The summed E-state index contributed by atoms with van der Waals surface area (Å²) in [6.45, 7) is 3.37. The third-order valence-electron chi connectivity index (χ3n) is 6.70. The van der Waals surface area contributed by atoms with Gasteiger partial charge in [0.05, 0.1) is 0 Å². The fourth-order valence-corrected chi connectivity index (χ4v) is 4.28. The van der Waals surface area contributed by atoms with Crippen LogP contribution in [0.2, 0.25) is 0 Å². The molecule has 198 valence electrons. The van der Waals surface area contributed by atoms with E-state index in [9.17, 15) is 14.7 Å². The molecule has 7 heteroatoms. The lowest BCUT2D eigenvalue weighted by Crippen LogP contribution is -2.38. The molecule has 0 aliphatic carbocycles. The molecule has 3 rings (SSSR count). The van der Waals surface area contributed by atoms with E-state index in [0.29, 0.717) is 19.5 Å². The van der Waals surface area contributed by atoms with Crippen LogP contribution in [0.3, 0.4) is 0 Å². The number of unbranched alkanes of at least 4 members (excludes halogenated alkanes) is 4. The maximum absolute atomic E-state index is 12.6. The van der Waals surface area contributed by atoms with Gasteiger partial charge in [-0.15, -0.1) is 0 Å². The van der Waals surface area contributed by atoms with Gasteiger partial charge in [0.2, 0.25) is 0 Å². The zero-order valence-corrected chi connectivity index (χ0v) is 22.2. The molecule has 1 aromatic heterocycles. The Morgan fingerprint density at radius 1 is 0.973 bits per heavy atom. The van der Waals surface area contributed by atoms with Crippen LogP contribution >= 0.6 is 0 Å². The van der Waals surface area contributed by atoms with E-state index >= 15 is 0 Å². The van der Waals surface area contributed by atoms with E-state index in [-0.39, 0.29) is 6.03 Å². The molecule has 3 N–H and O–H groups in total. The van der Waals surface area contributed by atoms with Gasteiger partial charge in [-0.1, -0.05) is 69.0 Å². The second-order valence-corrected chi connectivity index (χ2v) is 9.54. The third kappa shape index (κ3) is 8.50. The van der Waals surface area contributed by atoms with E-state index in [1.807, 2.05) is 78.5 Å². The molecule has 2 amide bonds. The largest absolute Gasteiger partial charge is 0.480 e. The molecule has 3 aromatic rings. The van der Waals surface area contributed by atoms with Crippen LogP contribution in [0, 0.1) is 0 Å². The molecule has 0 aliphatic rings. The molecule has 0 spiro atoms. The zero-order valence-electron chi connectivity index (χ0n) is 22.2. The SMILES string of the molecule is CCCCCCCNC(=O)N(C)c1cccc(-c2ccc(C[C@H](NCc3cccn3C)C(=O)O)cc2)c1. The molecule has 2 aromatic carbocycles. The highest BCUT2D eigenvalue weighted by atomic mass is 16.4. The molecule has 1 heterocycles. The Bertz CT molecular complexity index is 1140. The number of carboxylic acid groups (broad SMARTS) is 1. The summed E-state index contributed by atoms with van der Waals surface area (Å²) < 4.78 is 1.98. The van der Waals surface area contributed by atoms with Crippen molar-refractivity contribution in [2.24, 2.45) is 7.05 Å². The Balaban J connectivity index is 1.57. The Hall–Kier alpha value is -3.58. The van der Waals surface area contributed by atoms with Gasteiger partial charge in [0.25, 0.3) is 0 Å². The number of benzene rings is 2. The second-order valence-electron chi connectivity index (χ2n) is 9.54. The number of aromatic nitrogens is 1. The van der Waals surface area contributed by atoms with Gasteiger partial charge < -0.3 is 15.0 Å². The topological polar surface area (TPSA) is 86.6 Å². The van der Waals surface area contributed by atoms with Crippen LogP contribution in [0.25, 0.3) is 11.1 Å². The van der Waals surface area contributed by atoms with Crippen molar-refractivity contribution in [1.29, 1.82) is 0 Å². The molecule has 0 radical (unpaired) electrons. The van der Waals surface area contributed by atoms with Crippen LogP contribution in [-0.4, -0.2) is 41.3 Å². The number of aliphatic carboxylic acids is 1. The van der Waals surface area contributed by atoms with Crippen molar-refractivity contribution in [3.8, 4) is 11.1 Å². The molecule has 0 saturated carbocycles. The van der Waals surface area contributed by atoms with E-state index in [0.717, 1.165) is 40.9 Å². The van der Waals surface area contributed by atoms with Gasteiger partial charge in [-0.25, -0.2) is 4.79 Å². The monoisotopic (exact) mass is 504 g/mol. The minimum absolute atomic E-state index is 0.106. The van der Waals surface area contributed by atoms with Crippen LogP contribution in [-0.2, 0) is 24.8 Å². The van der Waals surface area contributed by atoms with Crippen molar-refractivity contribution in [3.63, 3.8) is 0 Å². The molecule has 1 atom stereocenters. The van der Waals surface area contributed by atoms with E-state index < -0.39 is 12.0 Å². The third-order valence-corrected chi connectivity index (χ3v) is 6.70. The van der Waals surface area contributed by atoms with Crippen LogP contribution in [0.15, 0.2) is 66.9 Å². The minimum Gasteiger partial charge on any atom is -0.480 e. The number of anilines is 1. The van der Waals surface area contributed by atoms with E-state index in [1.165, 1.54) is 19.3 Å². The van der Waals surface area contributed by atoms with Crippen molar-refractivity contribution >= 4 is 17.7 Å². The van der Waals surface area contributed by atoms with Crippen molar-refractivity contribution in [2.45, 2.75) is 58.0 Å². The van der Waals surface area contributed by atoms with Gasteiger partial charge in [-0.05, 0) is 53.8 Å². The average molecular weight is 505 g/mol. The highest BCUT2D eigenvalue weighted by Crippen LogP contribution is 2.25. The molecule has 0 unspecified atom stereocenters. The number of amides is 2. The van der Waals surface area contributed by atoms with Crippen LogP contribution in [0.1, 0.15) is 50.3 Å².